The second-order valence-corrected chi connectivity index (χ2v) is 6.39. The lowest BCUT2D eigenvalue weighted by Gasteiger charge is -2.21. The number of pyridine rings is 1. The van der Waals surface area contributed by atoms with Gasteiger partial charge in [0, 0.05) is 22.8 Å². The Kier molecular flexibility index (Phi) is 3.60. The van der Waals surface area contributed by atoms with Gasteiger partial charge in [-0.1, -0.05) is 20.8 Å². The van der Waals surface area contributed by atoms with Crippen molar-refractivity contribution in [1.82, 2.24) is 10.3 Å². The molecule has 3 nitrogen and oxygen atoms in total. The van der Waals surface area contributed by atoms with Gasteiger partial charge in [0.1, 0.15) is 0 Å². The SMILES string of the molecule is CC(C)(C)NC(=O)c1ccc(C(C)(C)C)nc1. The summed E-state index contributed by atoms with van der Waals surface area (Å²) in [6.45, 7) is 12.2. The Morgan fingerprint density at radius 3 is 2.06 bits per heavy atom. The Labute approximate surface area is 104 Å². The topological polar surface area (TPSA) is 42.0 Å². The van der Waals surface area contributed by atoms with Gasteiger partial charge in [-0.3, -0.25) is 9.78 Å². The molecule has 0 aromatic carbocycles. The van der Waals surface area contributed by atoms with Gasteiger partial charge in [0.15, 0.2) is 0 Å². The van der Waals surface area contributed by atoms with Crippen LogP contribution in [0.1, 0.15) is 57.6 Å². The van der Waals surface area contributed by atoms with Crippen LogP contribution < -0.4 is 5.32 Å². The molecule has 0 atom stereocenters. The maximum Gasteiger partial charge on any atom is 0.253 e. The minimum absolute atomic E-state index is 0.0129. The maximum absolute atomic E-state index is 11.9. The highest BCUT2D eigenvalue weighted by Gasteiger charge is 2.18. The van der Waals surface area contributed by atoms with Crippen molar-refractivity contribution in [2.75, 3.05) is 0 Å². The molecule has 0 fully saturated rings. The largest absolute Gasteiger partial charge is 0.347 e. The summed E-state index contributed by atoms with van der Waals surface area (Å²) >= 11 is 0. The van der Waals surface area contributed by atoms with Gasteiger partial charge in [0.2, 0.25) is 0 Å². The monoisotopic (exact) mass is 234 g/mol. The summed E-state index contributed by atoms with van der Waals surface area (Å²) in [6.07, 6.45) is 1.64. The number of nitrogens with one attached hydrogen (secondary N) is 1. The van der Waals surface area contributed by atoms with E-state index in [9.17, 15) is 4.79 Å². The second kappa shape index (κ2) is 4.47. The molecule has 1 N–H and O–H groups in total. The average Bonchev–Trinajstić information content (AvgIpc) is 2.14. The van der Waals surface area contributed by atoms with Crippen molar-refractivity contribution in [2.45, 2.75) is 52.5 Å². The lowest BCUT2D eigenvalue weighted by Crippen LogP contribution is -2.40. The molecule has 1 rings (SSSR count). The molecule has 1 aromatic rings. The molecule has 0 radical (unpaired) electrons. The third-order valence-electron chi connectivity index (χ3n) is 2.28. The number of carbonyl (C=O) groups excluding carboxylic acids is 1. The minimum Gasteiger partial charge on any atom is -0.347 e. The summed E-state index contributed by atoms with van der Waals surface area (Å²) < 4.78 is 0. The fourth-order valence-corrected chi connectivity index (χ4v) is 1.38. The summed E-state index contributed by atoms with van der Waals surface area (Å²) in [6, 6.07) is 3.74. The number of amides is 1. The molecule has 0 saturated heterocycles. The molecule has 0 aliphatic carbocycles. The lowest BCUT2D eigenvalue weighted by atomic mass is 9.91. The van der Waals surface area contributed by atoms with E-state index in [1.165, 1.54) is 0 Å². The van der Waals surface area contributed by atoms with Crippen LogP contribution in [-0.4, -0.2) is 16.4 Å². The van der Waals surface area contributed by atoms with Crippen LogP contribution in [0.4, 0.5) is 0 Å². The van der Waals surface area contributed by atoms with E-state index >= 15 is 0 Å². The Bertz CT molecular complexity index is 394. The zero-order chi connectivity index (χ0) is 13.3. The molecule has 0 saturated carbocycles. The summed E-state index contributed by atoms with van der Waals surface area (Å²) in [5.41, 5.74) is 1.39. The van der Waals surface area contributed by atoms with Crippen LogP contribution in [0.2, 0.25) is 0 Å². The standard InChI is InChI=1S/C14H22N2O/c1-13(2,3)11-8-7-10(9-15-11)12(17)16-14(4,5)6/h7-9H,1-6H3,(H,16,17). The van der Waals surface area contributed by atoms with Crippen molar-refractivity contribution in [3.63, 3.8) is 0 Å². The van der Waals surface area contributed by atoms with Crippen LogP contribution in [0.15, 0.2) is 18.3 Å². The average molecular weight is 234 g/mol. The van der Waals surface area contributed by atoms with Crippen LogP contribution in [0.25, 0.3) is 0 Å². The molecule has 94 valence electrons. The number of nitrogens with zero attached hydrogens (tertiary/aromatic N) is 1. The highest BCUT2D eigenvalue weighted by Crippen LogP contribution is 2.19. The fourth-order valence-electron chi connectivity index (χ4n) is 1.38. The zero-order valence-corrected chi connectivity index (χ0v) is 11.6. The third-order valence-corrected chi connectivity index (χ3v) is 2.28. The maximum atomic E-state index is 11.9. The van der Waals surface area contributed by atoms with Crippen molar-refractivity contribution in [3.05, 3.63) is 29.6 Å². The smallest absolute Gasteiger partial charge is 0.253 e. The van der Waals surface area contributed by atoms with E-state index in [0.29, 0.717) is 5.56 Å². The van der Waals surface area contributed by atoms with Gasteiger partial charge in [-0.25, -0.2) is 0 Å². The van der Waals surface area contributed by atoms with E-state index in [1.54, 1.807) is 6.20 Å². The number of hydrogen-bond acceptors (Lipinski definition) is 2. The molecule has 1 aromatic heterocycles. The highest BCUT2D eigenvalue weighted by atomic mass is 16.1. The number of carbonyl (C=O) groups is 1. The second-order valence-electron chi connectivity index (χ2n) is 6.39. The predicted octanol–water partition coefficient (Wildman–Crippen LogP) is 2.91. The van der Waals surface area contributed by atoms with E-state index in [-0.39, 0.29) is 16.9 Å². The molecule has 17 heavy (non-hydrogen) atoms. The van der Waals surface area contributed by atoms with Crippen molar-refractivity contribution in [3.8, 4) is 0 Å². The molecule has 0 spiro atoms. The minimum atomic E-state index is -0.222. The van der Waals surface area contributed by atoms with Crippen molar-refractivity contribution >= 4 is 5.91 Å². The first-order chi connectivity index (χ1) is 7.59. The van der Waals surface area contributed by atoms with Crippen LogP contribution in [-0.2, 0) is 5.41 Å². The molecule has 0 bridgehead atoms. The predicted molar refractivity (Wildman–Crippen MR) is 70.2 cm³/mol. The first kappa shape index (κ1) is 13.7. The normalized spacial score (nSPS) is 12.4. The number of hydrogen-bond donors (Lipinski definition) is 1. The third kappa shape index (κ3) is 4.17. The first-order valence-electron chi connectivity index (χ1n) is 5.89. The van der Waals surface area contributed by atoms with E-state index in [4.69, 9.17) is 0 Å². The van der Waals surface area contributed by atoms with Gasteiger partial charge in [0.05, 0.1) is 5.56 Å². The summed E-state index contributed by atoms with van der Waals surface area (Å²) in [7, 11) is 0. The van der Waals surface area contributed by atoms with Crippen LogP contribution >= 0.6 is 0 Å². The van der Waals surface area contributed by atoms with Crippen molar-refractivity contribution in [1.29, 1.82) is 0 Å². The Balaban J connectivity index is 2.85. The van der Waals surface area contributed by atoms with Gasteiger partial charge in [-0.2, -0.15) is 0 Å². The highest BCUT2D eigenvalue weighted by molar-refractivity contribution is 5.94. The molecule has 3 heteroatoms. The zero-order valence-electron chi connectivity index (χ0n) is 11.6. The van der Waals surface area contributed by atoms with E-state index in [2.05, 4.69) is 31.1 Å². The summed E-state index contributed by atoms with van der Waals surface area (Å²) in [4.78, 5) is 16.2. The number of rotatable bonds is 1. The van der Waals surface area contributed by atoms with Gasteiger partial charge < -0.3 is 5.32 Å². The molecule has 0 aliphatic heterocycles. The molecule has 1 heterocycles. The van der Waals surface area contributed by atoms with Crippen molar-refractivity contribution in [2.24, 2.45) is 0 Å². The Morgan fingerprint density at radius 2 is 1.71 bits per heavy atom. The van der Waals surface area contributed by atoms with Gasteiger partial charge in [-0.05, 0) is 32.9 Å². The van der Waals surface area contributed by atoms with Crippen LogP contribution in [0, 0.1) is 0 Å². The van der Waals surface area contributed by atoms with E-state index < -0.39 is 0 Å². The molecule has 0 aliphatic rings. The first-order valence-corrected chi connectivity index (χ1v) is 5.89. The Morgan fingerprint density at radius 1 is 1.12 bits per heavy atom. The molecule has 0 unspecified atom stereocenters. The van der Waals surface area contributed by atoms with Crippen LogP contribution in [0.3, 0.4) is 0 Å². The summed E-state index contributed by atoms with van der Waals surface area (Å²) in [5, 5.41) is 2.91. The summed E-state index contributed by atoms with van der Waals surface area (Å²) in [5.74, 6) is -0.0783. The number of aromatic nitrogens is 1. The lowest BCUT2D eigenvalue weighted by molar-refractivity contribution is 0.0919. The van der Waals surface area contributed by atoms with E-state index in [0.717, 1.165) is 5.69 Å². The van der Waals surface area contributed by atoms with Crippen LogP contribution in [0.5, 0.6) is 0 Å². The molecular weight excluding hydrogens is 212 g/mol. The van der Waals surface area contributed by atoms with Gasteiger partial charge in [0.25, 0.3) is 5.91 Å². The van der Waals surface area contributed by atoms with Gasteiger partial charge >= 0.3 is 0 Å². The Hall–Kier alpha value is -1.38. The molecular formula is C14H22N2O. The molecule has 1 amide bonds. The fraction of sp³-hybridized carbons (Fsp3) is 0.571. The quantitative estimate of drug-likeness (QED) is 0.811. The van der Waals surface area contributed by atoms with Gasteiger partial charge in [-0.15, -0.1) is 0 Å². The van der Waals surface area contributed by atoms with Crippen molar-refractivity contribution < 1.29 is 4.79 Å². The van der Waals surface area contributed by atoms with E-state index in [1.807, 2.05) is 32.9 Å².